The summed E-state index contributed by atoms with van der Waals surface area (Å²) in [6, 6.07) is 33.4. The Kier molecular flexibility index (Phi) is 11.3. The van der Waals surface area contributed by atoms with Gasteiger partial charge in [0.25, 0.3) is 0 Å². The minimum absolute atomic E-state index is 0.0236. The monoisotopic (exact) mass is 668 g/mol. The van der Waals surface area contributed by atoms with E-state index < -0.39 is 20.8 Å². The van der Waals surface area contributed by atoms with Crippen LogP contribution in [0.5, 0.6) is 11.5 Å². The molecule has 252 valence electrons. The van der Waals surface area contributed by atoms with Gasteiger partial charge in [0.2, 0.25) is 0 Å². The second-order valence-electron chi connectivity index (χ2n) is 13.7. The summed E-state index contributed by atoms with van der Waals surface area (Å²) in [6.07, 6.45) is 2.29. The topological polar surface area (TPSA) is 52.6 Å². The van der Waals surface area contributed by atoms with Crippen molar-refractivity contribution in [3.63, 3.8) is 0 Å². The van der Waals surface area contributed by atoms with E-state index in [1.165, 1.54) is 12.1 Å². The normalized spacial score (nSPS) is 13.0. The lowest BCUT2D eigenvalue weighted by Gasteiger charge is -2.39. The summed E-state index contributed by atoms with van der Waals surface area (Å²) in [6.45, 7) is 12.3. The molecular formula is C40H46F2N2O3Si. The summed E-state index contributed by atoms with van der Waals surface area (Å²) in [5.41, 5.74) is 3.91. The molecule has 0 radical (unpaired) electrons. The average molecular weight is 669 g/mol. The van der Waals surface area contributed by atoms with Gasteiger partial charge in [0.1, 0.15) is 23.6 Å². The standard InChI is InChI=1S/C40H46F2N2O3Si/c1-39(2,3)48(4,5)47-37(34-21-22-36(38-35(34)20-13-24-44-38)45-28-31-14-8-6-9-15-31)27-43-25-23-30-16-12-19-33(26-30)46-29-40(41,42)32-17-10-7-11-18-32/h6-22,24,26,37,43H,23,25,27-29H2,1-5H3/t37-/m0/s1. The van der Waals surface area contributed by atoms with E-state index in [1.807, 2.05) is 60.7 Å². The van der Waals surface area contributed by atoms with Crippen molar-refractivity contribution in [3.8, 4) is 11.5 Å². The van der Waals surface area contributed by atoms with Gasteiger partial charge in [-0.25, -0.2) is 0 Å². The van der Waals surface area contributed by atoms with Crippen LogP contribution < -0.4 is 14.8 Å². The van der Waals surface area contributed by atoms with Crippen LogP contribution in [-0.4, -0.2) is 33.0 Å². The van der Waals surface area contributed by atoms with Gasteiger partial charge >= 0.3 is 5.92 Å². The van der Waals surface area contributed by atoms with Gasteiger partial charge in [-0.2, -0.15) is 8.78 Å². The SMILES string of the molecule is CC(C)(C)[Si](C)(C)O[C@@H](CNCCc1cccc(OCC(F)(F)c2ccccc2)c1)c1ccc(OCc2ccccc2)c2ncccc12. The van der Waals surface area contributed by atoms with Crippen molar-refractivity contribution >= 4 is 19.2 Å². The van der Waals surface area contributed by atoms with Gasteiger partial charge in [0.15, 0.2) is 14.9 Å². The zero-order valence-corrected chi connectivity index (χ0v) is 29.5. The highest BCUT2D eigenvalue weighted by Gasteiger charge is 2.40. The summed E-state index contributed by atoms with van der Waals surface area (Å²) in [7, 11) is -2.16. The van der Waals surface area contributed by atoms with Gasteiger partial charge in [-0.05, 0) is 72.1 Å². The fraction of sp³-hybridized carbons (Fsp3) is 0.325. The molecule has 1 heterocycles. The molecule has 0 unspecified atom stereocenters. The van der Waals surface area contributed by atoms with Crippen LogP contribution in [0.15, 0.2) is 115 Å². The lowest BCUT2D eigenvalue weighted by Crippen LogP contribution is -2.43. The third-order valence-electron chi connectivity index (χ3n) is 9.03. The molecule has 0 saturated carbocycles. The Balaban J connectivity index is 1.28. The van der Waals surface area contributed by atoms with Crippen molar-refractivity contribution in [1.82, 2.24) is 10.3 Å². The Bertz CT molecular complexity index is 1760. The van der Waals surface area contributed by atoms with E-state index in [0.717, 1.165) is 33.3 Å². The number of nitrogens with zero attached hydrogens (tertiary/aromatic N) is 1. The lowest BCUT2D eigenvalue weighted by atomic mass is 10.0. The van der Waals surface area contributed by atoms with Gasteiger partial charge in [0, 0.05) is 23.7 Å². The molecule has 0 aliphatic carbocycles. The summed E-state index contributed by atoms with van der Waals surface area (Å²) in [4.78, 5) is 4.73. The van der Waals surface area contributed by atoms with E-state index in [1.54, 1.807) is 30.5 Å². The molecule has 0 spiro atoms. The van der Waals surface area contributed by atoms with Crippen LogP contribution in [0, 0.1) is 0 Å². The number of alkyl halides is 2. The summed E-state index contributed by atoms with van der Waals surface area (Å²) in [5.74, 6) is -1.92. The smallest absolute Gasteiger partial charge is 0.306 e. The molecule has 5 nitrogen and oxygen atoms in total. The molecule has 5 rings (SSSR count). The Labute approximate surface area is 284 Å². The zero-order chi connectivity index (χ0) is 34.2. The summed E-state index contributed by atoms with van der Waals surface area (Å²) < 4.78 is 48.2. The van der Waals surface area contributed by atoms with Crippen LogP contribution in [0.3, 0.4) is 0 Å². The predicted molar refractivity (Wildman–Crippen MR) is 192 cm³/mol. The fourth-order valence-corrected chi connectivity index (χ4v) is 6.52. The molecule has 8 heteroatoms. The molecule has 1 aromatic heterocycles. The van der Waals surface area contributed by atoms with Crippen molar-refractivity contribution < 1.29 is 22.7 Å². The average Bonchev–Trinajstić information content (AvgIpc) is 3.08. The Morgan fingerprint density at radius 3 is 2.23 bits per heavy atom. The first kappa shape index (κ1) is 35.2. The molecule has 4 aromatic carbocycles. The molecule has 1 atom stereocenters. The van der Waals surface area contributed by atoms with Crippen LogP contribution in [0.1, 0.15) is 49.1 Å². The number of aromatic nitrogens is 1. The number of hydrogen-bond acceptors (Lipinski definition) is 5. The minimum Gasteiger partial charge on any atom is -0.487 e. The molecule has 0 saturated heterocycles. The van der Waals surface area contributed by atoms with Crippen LogP contribution >= 0.6 is 0 Å². The highest BCUT2D eigenvalue weighted by Crippen LogP contribution is 2.41. The van der Waals surface area contributed by atoms with Crippen LogP contribution in [-0.2, 0) is 23.4 Å². The highest BCUT2D eigenvalue weighted by atomic mass is 28.4. The summed E-state index contributed by atoms with van der Waals surface area (Å²) >= 11 is 0. The Hall–Kier alpha value is -4.11. The molecule has 1 N–H and O–H groups in total. The third kappa shape index (κ3) is 9.07. The number of halogens is 2. The molecule has 5 aromatic rings. The summed E-state index contributed by atoms with van der Waals surface area (Å²) in [5, 5.41) is 4.64. The number of hydrogen-bond donors (Lipinski definition) is 1. The number of pyridine rings is 1. The maximum Gasteiger partial charge on any atom is 0.306 e. The molecule has 0 bridgehead atoms. The van der Waals surface area contributed by atoms with Gasteiger partial charge < -0.3 is 19.2 Å². The van der Waals surface area contributed by atoms with E-state index in [0.29, 0.717) is 31.9 Å². The Morgan fingerprint density at radius 1 is 0.792 bits per heavy atom. The van der Waals surface area contributed by atoms with E-state index >= 15 is 0 Å². The first-order chi connectivity index (χ1) is 22.9. The molecule has 0 aliphatic heterocycles. The minimum atomic E-state index is -3.08. The van der Waals surface area contributed by atoms with Gasteiger partial charge in [0.05, 0.1) is 6.10 Å². The lowest BCUT2D eigenvalue weighted by molar-refractivity contribution is -0.0467. The molecule has 0 fully saturated rings. The number of ether oxygens (including phenoxy) is 2. The second-order valence-corrected chi connectivity index (χ2v) is 18.4. The van der Waals surface area contributed by atoms with E-state index in [9.17, 15) is 8.78 Å². The van der Waals surface area contributed by atoms with Crippen LogP contribution in [0.25, 0.3) is 10.9 Å². The van der Waals surface area contributed by atoms with Crippen molar-refractivity contribution in [3.05, 3.63) is 138 Å². The zero-order valence-electron chi connectivity index (χ0n) is 28.5. The van der Waals surface area contributed by atoms with Crippen LogP contribution in [0.2, 0.25) is 18.1 Å². The van der Waals surface area contributed by atoms with Crippen LogP contribution in [0.4, 0.5) is 8.78 Å². The number of fused-ring (bicyclic) bond motifs is 1. The van der Waals surface area contributed by atoms with Crippen molar-refractivity contribution in [2.24, 2.45) is 0 Å². The molecule has 0 aliphatic rings. The number of benzene rings is 4. The third-order valence-corrected chi connectivity index (χ3v) is 13.5. The Morgan fingerprint density at radius 2 is 1.50 bits per heavy atom. The fourth-order valence-electron chi connectivity index (χ4n) is 5.24. The van der Waals surface area contributed by atoms with Gasteiger partial charge in [-0.1, -0.05) is 106 Å². The second kappa shape index (κ2) is 15.4. The first-order valence-corrected chi connectivity index (χ1v) is 19.4. The first-order valence-electron chi connectivity index (χ1n) is 16.5. The van der Waals surface area contributed by atoms with Gasteiger partial charge in [-0.15, -0.1) is 0 Å². The van der Waals surface area contributed by atoms with Gasteiger partial charge in [-0.3, -0.25) is 4.98 Å². The quantitative estimate of drug-likeness (QED) is 0.0889. The largest absolute Gasteiger partial charge is 0.487 e. The van der Waals surface area contributed by atoms with Crippen molar-refractivity contribution in [2.45, 2.75) is 64.0 Å². The van der Waals surface area contributed by atoms with E-state index in [2.05, 4.69) is 51.3 Å². The number of rotatable bonds is 15. The molecule has 0 amide bonds. The maximum atomic E-state index is 14.7. The predicted octanol–water partition coefficient (Wildman–Crippen LogP) is 9.88. The molecular weight excluding hydrogens is 623 g/mol. The van der Waals surface area contributed by atoms with E-state index in [4.69, 9.17) is 18.9 Å². The van der Waals surface area contributed by atoms with E-state index in [-0.39, 0.29) is 16.7 Å². The maximum absolute atomic E-state index is 14.7. The van der Waals surface area contributed by atoms with Crippen molar-refractivity contribution in [2.75, 3.05) is 19.7 Å². The highest BCUT2D eigenvalue weighted by molar-refractivity contribution is 6.74. The number of nitrogens with one attached hydrogen (secondary N) is 1. The molecule has 48 heavy (non-hydrogen) atoms. The van der Waals surface area contributed by atoms with Crippen molar-refractivity contribution in [1.29, 1.82) is 0 Å².